The molecule has 1 unspecified atom stereocenters. The summed E-state index contributed by atoms with van der Waals surface area (Å²) in [4.78, 5) is 0. The third kappa shape index (κ3) is 3.95. The van der Waals surface area contributed by atoms with Gasteiger partial charge >= 0.3 is 0 Å². The van der Waals surface area contributed by atoms with Crippen LogP contribution in [0, 0.1) is 0 Å². The fourth-order valence-corrected chi connectivity index (χ4v) is 1.99. The van der Waals surface area contributed by atoms with Crippen LogP contribution in [0.1, 0.15) is 39.0 Å². The second-order valence-corrected chi connectivity index (χ2v) is 4.50. The Morgan fingerprint density at radius 3 is 2.50 bits per heavy atom. The normalized spacial score (nSPS) is 23.4. The maximum atomic E-state index is 6.24. The minimum Gasteiger partial charge on any atom is -0.382 e. The number of hydrogen-bond donors (Lipinski definition) is 1. The summed E-state index contributed by atoms with van der Waals surface area (Å²) in [6.07, 6.45) is 6.19. The smallest absolute Gasteiger partial charge is 0.0781 e. The molecule has 14 heavy (non-hydrogen) atoms. The van der Waals surface area contributed by atoms with Crippen LogP contribution in [0.15, 0.2) is 0 Å². The monoisotopic (exact) mass is 201 g/mol. The molecule has 1 fully saturated rings. The van der Waals surface area contributed by atoms with Crippen molar-refractivity contribution in [3.05, 3.63) is 0 Å². The number of ether oxygens (including phenoxy) is 2. The van der Waals surface area contributed by atoms with Crippen molar-refractivity contribution in [3.63, 3.8) is 0 Å². The summed E-state index contributed by atoms with van der Waals surface area (Å²) in [5.41, 5.74) is 6.17. The van der Waals surface area contributed by atoms with Gasteiger partial charge in [-0.1, -0.05) is 19.3 Å². The number of hydrogen-bond acceptors (Lipinski definition) is 3. The van der Waals surface area contributed by atoms with Crippen molar-refractivity contribution in [1.29, 1.82) is 0 Å². The molecule has 0 bridgehead atoms. The molecule has 0 saturated heterocycles. The van der Waals surface area contributed by atoms with Crippen LogP contribution in [0.3, 0.4) is 0 Å². The Hall–Kier alpha value is -0.120. The summed E-state index contributed by atoms with van der Waals surface area (Å²) in [6.45, 7) is 3.35. The average Bonchev–Trinajstić information content (AvgIpc) is 2.17. The minimum absolute atomic E-state index is 0.0692. The molecule has 2 N–H and O–H groups in total. The van der Waals surface area contributed by atoms with Gasteiger partial charge in [-0.05, 0) is 19.8 Å². The Bertz CT molecular complexity index is 155. The number of rotatable bonds is 5. The van der Waals surface area contributed by atoms with Gasteiger partial charge in [0.05, 0.1) is 19.3 Å². The zero-order chi connectivity index (χ0) is 10.4. The summed E-state index contributed by atoms with van der Waals surface area (Å²) in [5.74, 6) is 0. The van der Waals surface area contributed by atoms with Gasteiger partial charge in [-0.3, -0.25) is 0 Å². The molecule has 0 radical (unpaired) electrons. The summed E-state index contributed by atoms with van der Waals surface area (Å²) in [6, 6.07) is 0. The first-order valence-corrected chi connectivity index (χ1v) is 5.56. The summed E-state index contributed by atoms with van der Waals surface area (Å²) in [5, 5.41) is 0. The molecule has 3 heteroatoms. The van der Waals surface area contributed by atoms with Crippen LogP contribution in [-0.2, 0) is 9.47 Å². The van der Waals surface area contributed by atoms with E-state index >= 15 is 0 Å². The van der Waals surface area contributed by atoms with Crippen LogP contribution in [0.2, 0.25) is 0 Å². The van der Waals surface area contributed by atoms with Crippen LogP contribution < -0.4 is 5.73 Å². The van der Waals surface area contributed by atoms with E-state index in [1.54, 1.807) is 7.11 Å². The Kier molecular flexibility index (Phi) is 4.85. The van der Waals surface area contributed by atoms with Crippen LogP contribution in [0.5, 0.6) is 0 Å². The van der Waals surface area contributed by atoms with Gasteiger partial charge in [-0.15, -0.1) is 0 Å². The highest BCUT2D eigenvalue weighted by Crippen LogP contribution is 2.26. The Balaban J connectivity index is 2.21. The molecule has 0 aromatic rings. The highest BCUT2D eigenvalue weighted by molar-refractivity contribution is 4.87. The van der Waals surface area contributed by atoms with E-state index in [2.05, 4.69) is 0 Å². The molecular formula is C11H23NO2. The largest absolute Gasteiger partial charge is 0.382 e. The lowest BCUT2D eigenvalue weighted by Crippen LogP contribution is -2.47. The van der Waals surface area contributed by atoms with Crippen molar-refractivity contribution >= 4 is 0 Å². The second kappa shape index (κ2) is 5.69. The molecule has 0 heterocycles. The fraction of sp³-hybridized carbons (Fsp3) is 1.00. The zero-order valence-corrected chi connectivity index (χ0v) is 9.42. The molecule has 1 rings (SSSR count). The van der Waals surface area contributed by atoms with Crippen molar-refractivity contribution in [2.75, 3.05) is 20.3 Å². The maximum absolute atomic E-state index is 6.24. The molecule has 0 spiro atoms. The fourth-order valence-electron chi connectivity index (χ4n) is 1.99. The minimum atomic E-state index is -0.0692. The molecule has 0 aliphatic heterocycles. The van der Waals surface area contributed by atoms with Gasteiger partial charge in [0.2, 0.25) is 0 Å². The Morgan fingerprint density at radius 1 is 1.29 bits per heavy atom. The van der Waals surface area contributed by atoms with E-state index in [9.17, 15) is 0 Å². The SMILES string of the molecule is COCC(C)OCC1(N)CCCCC1. The summed E-state index contributed by atoms with van der Waals surface area (Å²) >= 11 is 0. The Morgan fingerprint density at radius 2 is 1.93 bits per heavy atom. The molecule has 1 atom stereocenters. The molecule has 1 saturated carbocycles. The van der Waals surface area contributed by atoms with E-state index in [-0.39, 0.29) is 11.6 Å². The number of nitrogens with two attached hydrogens (primary N) is 1. The standard InChI is InChI=1S/C11H23NO2/c1-10(8-13-2)14-9-11(12)6-4-3-5-7-11/h10H,3-9,12H2,1-2H3. The molecule has 3 nitrogen and oxygen atoms in total. The first-order valence-electron chi connectivity index (χ1n) is 5.56. The average molecular weight is 201 g/mol. The van der Waals surface area contributed by atoms with Gasteiger partial charge in [0.25, 0.3) is 0 Å². The van der Waals surface area contributed by atoms with E-state index in [0.29, 0.717) is 13.2 Å². The van der Waals surface area contributed by atoms with Crippen LogP contribution >= 0.6 is 0 Å². The van der Waals surface area contributed by atoms with Crippen LogP contribution in [-0.4, -0.2) is 32.0 Å². The summed E-state index contributed by atoms with van der Waals surface area (Å²) < 4.78 is 10.7. The quantitative estimate of drug-likeness (QED) is 0.736. The van der Waals surface area contributed by atoms with Gasteiger partial charge in [0.1, 0.15) is 0 Å². The topological polar surface area (TPSA) is 44.5 Å². The van der Waals surface area contributed by atoms with Crippen LogP contribution in [0.25, 0.3) is 0 Å². The number of methoxy groups -OCH3 is 1. The van der Waals surface area contributed by atoms with Crippen molar-refractivity contribution in [2.24, 2.45) is 5.73 Å². The van der Waals surface area contributed by atoms with Gasteiger partial charge in [-0.25, -0.2) is 0 Å². The van der Waals surface area contributed by atoms with E-state index in [4.69, 9.17) is 15.2 Å². The van der Waals surface area contributed by atoms with E-state index < -0.39 is 0 Å². The molecule has 0 aromatic heterocycles. The highest BCUT2D eigenvalue weighted by Gasteiger charge is 2.28. The predicted molar refractivity (Wildman–Crippen MR) is 57.3 cm³/mol. The van der Waals surface area contributed by atoms with Crippen molar-refractivity contribution in [3.8, 4) is 0 Å². The highest BCUT2D eigenvalue weighted by atomic mass is 16.5. The molecule has 1 aliphatic rings. The lowest BCUT2D eigenvalue weighted by atomic mass is 9.83. The van der Waals surface area contributed by atoms with Crippen molar-refractivity contribution in [1.82, 2.24) is 0 Å². The zero-order valence-electron chi connectivity index (χ0n) is 9.42. The first kappa shape index (κ1) is 12.0. The van der Waals surface area contributed by atoms with E-state index in [1.807, 2.05) is 6.92 Å². The predicted octanol–water partition coefficient (Wildman–Crippen LogP) is 1.70. The maximum Gasteiger partial charge on any atom is 0.0781 e. The van der Waals surface area contributed by atoms with E-state index in [1.165, 1.54) is 19.3 Å². The van der Waals surface area contributed by atoms with Crippen molar-refractivity contribution < 1.29 is 9.47 Å². The molecule has 84 valence electrons. The second-order valence-electron chi connectivity index (χ2n) is 4.50. The third-order valence-corrected chi connectivity index (χ3v) is 2.91. The van der Waals surface area contributed by atoms with Gasteiger partial charge in [-0.2, -0.15) is 0 Å². The molecule has 1 aliphatic carbocycles. The molecular weight excluding hydrogens is 178 g/mol. The lowest BCUT2D eigenvalue weighted by molar-refractivity contribution is -0.0193. The van der Waals surface area contributed by atoms with E-state index in [0.717, 1.165) is 12.8 Å². The molecule has 0 aromatic carbocycles. The first-order chi connectivity index (χ1) is 6.66. The van der Waals surface area contributed by atoms with Gasteiger partial charge in [0, 0.05) is 12.6 Å². The van der Waals surface area contributed by atoms with Crippen LogP contribution in [0.4, 0.5) is 0 Å². The summed E-state index contributed by atoms with van der Waals surface area (Å²) in [7, 11) is 1.69. The van der Waals surface area contributed by atoms with Gasteiger partial charge in [0.15, 0.2) is 0 Å². The van der Waals surface area contributed by atoms with Crippen molar-refractivity contribution in [2.45, 2.75) is 50.7 Å². The lowest BCUT2D eigenvalue weighted by Gasteiger charge is -2.33. The van der Waals surface area contributed by atoms with Gasteiger partial charge < -0.3 is 15.2 Å². The molecule has 0 amide bonds. The third-order valence-electron chi connectivity index (χ3n) is 2.91. The Labute approximate surface area is 86.9 Å².